The van der Waals surface area contributed by atoms with E-state index in [-0.39, 0.29) is 24.4 Å². The van der Waals surface area contributed by atoms with Crippen LogP contribution < -0.4 is 20.2 Å². The molecule has 12 nitrogen and oxygen atoms in total. The minimum atomic E-state index is -1.19. The molecule has 7 rings (SSSR count). The van der Waals surface area contributed by atoms with Crippen molar-refractivity contribution in [3.63, 3.8) is 0 Å². The zero-order valence-electron chi connectivity index (χ0n) is 29.0. The van der Waals surface area contributed by atoms with Crippen LogP contribution in [0.4, 0.5) is 11.4 Å². The minimum Gasteiger partial charge on any atom is -0.491 e. The molecule has 0 aliphatic carbocycles. The number of anilines is 2. The number of hydrogen-bond acceptors (Lipinski definition) is 9. The first-order valence-corrected chi connectivity index (χ1v) is 18.2. The van der Waals surface area contributed by atoms with E-state index in [4.69, 9.17) is 37.4 Å². The summed E-state index contributed by atoms with van der Waals surface area (Å²) in [5.41, 5.74) is 4.95. The fourth-order valence-corrected chi connectivity index (χ4v) is 7.25. The quantitative estimate of drug-likeness (QED) is 0.150. The molecule has 0 bridgehead atoms. The third-order valence-corrected chi connectivity index (χ3v) is 10.2. The number of ether oxygens (including phenoxy) is 3. The van der Waals surface area contributed by atoms with Crippen molar-refractivity contribution in [3.05, 3.63) is 111 Å². The zero-order chi connectivity index (χ0) is 35.5. The highest BCUT2D eigenvalue weighted by atomic mass is 35.5. The Bertz CT molecular complexity index is 1990. The number of halogens is 2. The van der Waals surface area contributed by atoms with E-state index in [1.807, 2.05) is 31.2 Å². The van der Waals surface area contributed by atoms with Crippen molar-refractivity contribution in [2.75, 3.05) is 49.2 Å². The van der Waals surface area contributed by atoms with Gasteiger partial charge in [0.25, 0.3) is 0 Å². The first kappa shape index (κ1) is 35.1. The number of piperazine rings is 1. The number of aromatic nitrogens is 6. The second kappa shape index (κ2) is 15.1. The second-order valence-corrected chi connectivity index (χ2v) is 13.8. The summed E-state index contributed by atoms with van der Waals surface area (Å²) >= 11 is 12.8. The fraction of sp³-hybridized carbons (Fsp3) is 0.405. The Kier molecular flexibility index (Phi) is 10.4. The summed E-state index contributed by atoms with van der Waals surface area (Å²) in [4.78, 5) is 19.2. The van der Waals surface area contributed by atoms with Gasteiger partial charge in [0, 0.05) is 48.1 Å². The van der Waals surface area contributed by atoms with Gasteiger partial charge < -0.3 is 24.0 Å². The molecule has 2 aromatic heterocycles. The average Bonchev–Trinajstić information content (AvgIpc) is 3.91. The molecule has 0 radical (unpaired) electrons. The van der Waals surface area contributed by atoms with Gasteiger partial charge in [0.15, 0.2) is 0 Å². The molecule has 1 unspecified atom stereocenters. The van der Waals surface area contributed by atoms with Crippen molar-refractivity contribution >= 4 is 34.6 Å². The highest BCUT2D eigenvalue weighted by molar-refractivity contribution is 6.35. The molecule has 4 heterocycles. The Labute approximate surface area is 307 Å². The molecule has 3 atom stereocenters. The van der Waals surface area contributed by atoms with E-state index < -0.39 is 5.79 Å². The van der Waals surface area contributed by atoms with Crippen LogP contribution in [0, 0.1) is 0 Å². The summed E-state index contributed by atoms with van der Waals surface area (Å²) in [6.45, 7) is 10.6. The maximum Gasteiger partial charge on any atom is 0.350 e. The van der Waals surface area contributed by atoms with Gasteiger partial charge in [-0.1, -0.05) is 43.1 Å². The van der Waals surface area contributed by atoms with Crippen LogP contribution in [0.1, 0.15) is 44.4 Å². The van der Waals surface area contributed by atoms with Crippen molar-refractivity contribution in [2.24, 2.45) is 0 Å². The highest BCUT2D eigenvalue weighted by Gasteiger charge is 2.46. The lowest BCUT2D eigenvalue weighted by molar-refractivity contribution is -0.192. The standard InChI is InChI=1S/C37H42Cl2N8O4/c1-4-26(3)47-36(48)45(25-42-47)30-9-7-29(8-10-30)43-16-18-44(19-17-43)35-13-11-31(20-27(35)5-2)49-22-32-23-50-37(51-32,24-46-40-14-15-41-46)33-12-6-28(38)21-34(33)39/h6-15,20-21,25-26,32H,4-5,16-19,22-24H2,1-3H3/t26?,32-,37-/m1/s1. The van der Waals surface area contributed by atoms with E-state index in [0.717, 1.165) is 56.1 Å². The third kappa shape index (κ3) is 7.36. The van der Waals surface area contributed by atoms with E-state index in [9.17, 15) is 4.79 Å². The average molecular weight is 734 g/mol. The summed E-state index contributed by atoms with van der Waals surface area (Å²) < 4.78 is 22.2. The van der Waals surface area contributed by atoms with E-state index in [1.165, 1.54) is 16.0 Å². The predicted octanol–water partition coefficient (Wildman–Crippen LogP) is 6.14. The monoisotopic (exact) mass is 732 g/mol. The minimum absolute atomic E-state index is 0.0627. The molecule has 3 aromatic carbocycles. The Hall–Kier alpha value is -4.36. The number of benzene rings is 3. The fourth-order valence-electron chi connectivity index (χ4n) is 6.70. The van der Waals surface area contributed by atoms with Crippen molar-refractivity contribution in [3.8, 4) is 11.4 Å². The van der Waals surface area contributed by atoms with Crippen molar-refractivity contribution in [1.29, 1.82) is 0 Å². The van der Waals surface area contributed by atoms with Crippen LogP contribution in [0.3, 0.4) is 0 Å². The van der Waals surface area contributed by atoms with E-state index in [1.54, 1.807) is 40.1 Å². The molecular formula is C37H42Cl2N8O4. The molecule has 0 N–H and O–H groups in total. The largest absolute Gasteiger partial charge is 0.491 e. The zero-order valence-corrected chi connectivity index (χ0v) is 30.5. The molecule has 2 saturated heterocycles. The lowest BCUT2D eigenvalue weighted by Crippen LogP contribution is -2.46. The normalized spacial score (nSPS) is 19.8. The Morgan fingerprint density at radius 2 is 1.65 bits per heavy atom. The third-order valence-electron chi connectivity index (χ3n) is 9.70. The van der Waals surface area contributed by atoms with E-state index >= 15 is 0 Å². The molecule has 0 amide bonds. The molecule has 0 saturated carbocycles. The van der Waals surface area contributed by atoms with Gasteiger partial charge in [0.1, 0.15) is 31.3 Å². The van der Waals surface area contributed by atoms with Crippen LogP contribution in [-0.2, 0) is 28.2 Å². The molecule has 5 aromatic rings. The van der Waals surface area contributed by atoms with Crippen LogP contribution in [-0.4, -0.2) is 74.8 Å². The number of rotatable bonds is 12. The van der Waals surface area contributed by atoms with Crippen LogP contribution in [0.25, 0.3) is 5.69 Å². The Morgan fingerprint density at radius 1 is 0.922 bits per heavy atom. The molecule has 2 aliphatic rings. The van der Waals surface area contributed by atoms with Gasteiger partial charge in [-0.15, -0.1) is 0 Å². The molecule has 268 valence electrons. The summed E-state index contributed by atoms with van der Waals surface area (Å²) in [7, 11) is 0. The molecule has 51 heavy (non-hydrogen) atoms. The van der Waals surface area contributed by atoms with Crippen molar-refractivity contribution < 1.29 is 14.2 Å². The van der Waals surface area contributed by atoms with Gasteiger partial charge in [0.05, 0.1) is 35.8 Å². The number of nitrogens with zero attached hydrogens (tertiary/aromatic N) is 8. The van der Waals surface area contributed by atoms with E-state index in [0.29, 0.717) is 28.8 Å². The first-order chi connectivity index (χ1) is 24.8. The topological polar surface area (TPSA) is 105 Å². The van der Waals surface area contributed by atoms with Gasteiger partial charge in [0.2, 0.25) is 5.79 Å². The van der Waals surface area contributed by atoms with Crippen LogP contribution in [0.15, 0.2) is 84.2 Å². The van der Waals surface area contributed by atoms with Crippen molar-refractivity contribution in [2.45, 2.75) is 58.1 Å². The lowest BCUT2D eigenvalue weighted by atomic mass is 10.1. The highest BCUT2D eigenvalue weighted by Crippen LogP contribution is 2.40. The predicted molar refractivity (Wildman–Crippen MR) is 198 cm³/mol. The van der Waals surface area contributed by atoms with Gasteiger partial charge in [-0.25, -0.2) is 14.0 Å². The van der Waals surface area contributed by atoms with Crippen LogP contribution in [0.5, 0.6) is 5.75 Å². The summed E-state index contributed by atoms with van der Waals surface area (Å²) in [5.74, 6) is -0.406. The smallest absolute Gasteiger partial charge is 0.350 e. The van der Waals surface area contributed by atoms with Crippen LogP contribution >= 0.6 is 23.2 Å². The van der Waals surface area contributed by atoms with Gasteiger partial charge in [-0.2, -0.15) is 20.1 Å². The molecule has 2 fully saturated rings. The summed E-state index contributed by atoms with van der Waals surface area (Å²) in [6.07, 6.45) is 6.20. The van der Waals surface area contributed by atoms with Crippen molar-refractivity contribution in [1.82, 2.24) is 29.3 Å². The maximum absolute atomic E-state index is 12.9. The van der Waals surface area contributed by atoms with Crippen LogP contribution in [0.2, 0.25) is 10.0 Å². The molecule has 0 spiro atoms. The Morgan fingerprint density at radius 3 is 2.35 bits per heavy atom. The first-order valence-electron chi connectivity index (χ1n) is 17.4. The Balaban J connectivity index is 0.965. The van der Waals surface area contributed by atoms with Gasteiger partial charge in [-0.3, -0.25) is 0 Å². The van der Waals surface area contributed by atoms with E-state index in [2.05, 4.69) is 63.2 Å². The lowest BCUT2D eigenvalue weighted by Gasteiger charge is -2.38. The number of aryl methyl sites for hydroxylation is 1. The van der Waals surface area contributed by atoms with Gasteiger partial charge in [-0.05, 0) is 79.9 Å². The number of hydrogen-bond donors (Lipinski definition) is 0. The maximum atomic E-state index is 12.9. The van der Waals surface area contributed by atoms with Gasteiger partial charge >= 0.3 is 5.69 Å². The molecular weight excluding hydrogens is 691 g/mol. The SMILES string of the molecule is CCc1cc(OC[C@@H]2CO[C@@](Cn3nccn3)(c3ccc(Cl)cc3Cl)O2)ccc1N1CCN(c2ccc(-n3cnn(C(C)CC)c3=O)cc2)CC1. The second-order valence-electron chi connectivity index (χ2n) is 12.9. The summed E-state index contributed by atoms with van der Waals surface area (Å²) in [6, 6.07) is 19.8. The molecule has 14 heteroatoms. The summed E-state index contributed by atoms with van der Waals surface area (Å²) in [5, 5.41) is 13.8. The molecule has 2 aliphatic heterocycles.